The number of piperazine rings is 1. The molecule has 1 aliphatic heterocycles. The molecular formula is C15H16Br2N4O2. The summed E-state index contributed by atoms with van der Waals surface area (Å²) in [6, 6.07) is 5.28. The van der Waals surface area contributed by atoms with Gasteiger partial charge in [0.2, 0.25) is 0 Å². The summed E-state index contributed by atoms with van der Waals surface area (Å²) in [6.45, 7) is 3.97. The van der Waals surface area contributed by atoms with Crippen LogP contribution < -0.4 is 10.5 Å². The highest BCUT2D eigenvalue weighted by Crippen LogP contribution is 2.32. The summed E-state index contributed by atoms with van der Waals surface area (Å²) in [4.78, 5) is 22.5. The van der Waals surface area contributed by atoms with Crippen LogP contribution >= 0.6 is 31.9 Å². The van der Waals surface area contributed by atoms with E-state index in [9.17, 15) is 9.90 Å². The summed E-state index contributed by atoms with van der Waals surface area (Å²) in [5.74, 6) is 0.994. The Bertz CT molecular complexity index is 757. The van der Waals surface area contributed by atoms with E-state index in [4.69, 9.17) is 0 Å². The van der Waals surface area contributed by atoms with E-state index >= 15 is 0 Å². The van der Waals surface area contributed by atoms with Crippen LogP contribution in [0.25, 0.3) is 0 Å². The van der Waals surface area contributed by atoms with E-state index in [1.54, 1.807) is 0 Å². The predicted octanol–water partition coefficient (Wildman–Crippen LogP) is 2.32. The number of phenols is 1. The molecule has 8 heteroatoms. The van der Waals surface area contributed by atoms with Gasteiger partial charge in [0.05, 0.1) is 10.8 Å². The maximum atomic E-state index is 11.4. The number of H-pyrrole nitrogens is 1. The van der Waals surface area contributed by atoms with Gasteiger partial charge in [0.25, 0.3) is 5.56 Å². The molecule has 0 radical (unpaired) electrons. The van der Waals surface area contributed by atoms with Crippen LogP contribution in [0.3, 0.4) is 0 Å². The lowest BCUT2D eigenvalue weighted by atomic mass is 10.1. The van der Waals surface area contributed by atoms with Gasteiger partial charge in [-0.15, -0.1) is 0 Å². The van der Waals surface area contributed by atoms with Crippen molar-refractivity contribution in [2.45, 2.75) is 6.54 Å². The summed E-state index contributed by atoms with van der Waals surface area (Å²) in [6.07, 6.45) is 1.43. The van der Waals surface area contributed by atoms with Crippen molar-refractivity contribution in [3.8, 4) is 5.75 Å². The standard InChI is InChI=1S/C15H16Br2N4O2/c16-11-5-10(15(23)12(17)6-11)8-20-1-3-21(4-2-20)13-7-14(22)19-9-18-13/h5-7,9,23H,1-4,8H2,(H,18,19,22). The minimum absolute atomic E-state index is 0.138. The molecule has 0 spiro atoms. The van der Waals surface area contributed by atoms with Crippen LogP contribution in [0.2, 0.25) is 0 Å². The van der Waals surface area contributed by atoms with Gasteiger partial charge < -0.3 is 15.0 Å². The Morgan fingerprint density at radius 2 is 1.91 bits per heavy atom. The normalized spacial score (nSPS) is 15.8. The molecule has 0 atom stereocenters. The zero-order chi connectivity index (χ0) is 16.4. The minimum atomic E-state index is -0.138. The molecule has 1 aliphatic rings. The van der Waals surface area contributed by atoms with Crippen molar-refractivity contribution in [2.24, 2.45) is 0 Å². The van der Waals surface area contributed by atoms with E-state index < -0.39 is 0 Å². The van der Waals surface area contributed by atoms with E-state index in [1.807, 2.05) is 12.1 Å². The fraction of sp³-hybridized carbons (Fsp3) is 0.333. The number of hydrogen-bond acceptors (Lipinski definition) is 5. The molecule has 1 fully saturated rings. The molecule has 0 bridgehead atoms. The van der Waals surface area contributed by atoms with Crippen LogP contribution in [0.5, 0.6) is 5.75 Å². The van der Waals surface area contributed by atoms with Crippen molar-refractivity contribution in [1.29, 1.82) is 0 Å². The van der Waals surface area contributed by atoms with Crippen LogP contribution in [-0.4, -0.2) is 46.2 Å². The SMILES string of the molecule is O=c1cc(N2CCN(Cc3cc(Br)cc(Br)c3O)CC2)nc[nH]1. The van der Waals surface area contributed by atoms with E-state index in [-0.39, 0.29) is 11.3 Å². The molecular weight excluding hydrogens is 428 g/mol. The molecule has 23 heavy (non-hydrogen) atoms. The van der Waals surface area contributed by atoms with Gasteiger partial charge in [-0.3, -0.25) is 9.69 Å². The fourth-order valence-corrected chi connectivity index (χ4v) is 3.96. The fourth-order valence-electron chi connectivity index (χ4n) is 2.65. The maximum absolute atomic E-state index is 11.4. The number of anilines is 1. The Kier molecular flexibility index (Phi) is 5.03. The lowest BCUT2D eigenvalue weighted by Crippen LogP contribution is -2.46. The van der Waals surface area contributed by atoms with Crippen molar-refractivity contribution in [1.82, 2.24) is 14.9 Å². The highest BCUT2D eigenvalue weighted by atomic mass is 79.9. The summed E-state index contributed by atoms with van der Waals surface area (Å²) >= 11 is 6.81. The van der Waals surface area contributed by atoms with Crippen LogP contribution in [0.1, 0.15) is 5.56 Å². The van der Waals surface area contributed by atoms with E-state index in [0.29, 0.717) is 16.8 Å². The van der Waals surface area contributed by atoms with Gasteiger partial charge in [-0.25, -0.2) is 4.98 Å². The quantitative estimate of drug-likeness (QED) is 0.761. The highest BCUT2D eigenvalue weighted by molar-refractivity contribution is 9.11. The number of nitrogens with zero attached hydrogens (tertiary/aromatic N) is 3. The Morgan fingerprint density at radius 1 is 1.17 bits per heavy atom. The molecule has 1 aromatic carbocycles. The topological polar surface area (TPSA) is 72.5 Å². The van der Waals surface area contributed by atoms with Crippen molar-refractivity contribution in [3.63, 3.8) is 0 Å². The Morgan fingerprint density at radius 3 is 2.61 bits per heavy atom. The first-order valence-electron chi connectivity index (χ1n) is 7.22. The van der Waals surface area contributed by atoms with Gasteiger partial charge in [0.1, 0.15) is 11.6 Å². The van der Waals surface area contributed by atoms with Gasteiger partial charge in [-0.05, 0) is 28.1 Å². The molecule has 0 unspecified atom stereocenters. The molecule has 0 amide bonds. The van der Waals surface area contributed by atoms with Gasteiger partial charge >= 0.3 is 0 Å². The average Bonchev–Trinajstić information content (AvgIpc) is 2.53. The summed E-state index contributed by atoms with van der Waals surface area (Å²) in [5, 5.41) is 10.2. The van der Waals surface area contributed by atoms with Crippen molar-refractivity contribution in [2.75, 3.05) is 31.1 Å². The van der Waals surface area contributed by atoms with Crippen LogP contribution in [0.4, 0.5) is 5.82 Å². The molecule has 0 saturated carbocycles. The lowest BCUT2D eigenvalue weighted by Gasteiger charge is -2.35. The highest BCUT2D eigenvalue weighted by Gasteiger charge is 2.20. The molecule has 6 nitrogen and oxygen atoms in total. The lowest BCUT2D eigenvalue weighted by molar-refractivity contribution is 0.246. The largest absolute Gasteiger partial charge is 0.506 e. The molecule has 1 aromatic heterocycles. The summed E-state index contributed by atoms with van der Waals surface area (Å²) in [7, 11) is 0. The second-order valence-electron chi connectivity index (χ2n) is 5.43. The number of aromatic nitrogens is 2. The third-order valence-electron chi connectivity index (χ3n) is 3.86. The van der Waals surface area contributed by atoms with Crippen molar-refractivity contribution in [3.05, 3.63) is 49.4 Å². The average molecular weight is 444 g/mol. The summed E-state index contributed by atoms with van der Waals surface area (Å²) in [5.41, 5.74) is 0.746. The monoisotopic (exact) mass is 442 g/mol. The molecule has 2 heterocycles. The maximum Gasteiger partial charge on any atom is 0.252 e. The van der Waals surface area contributed by atoms with Gasteiger partial charge in [0.15, 0.2) is 0 Å². The number of benzene rings is 1. The first-order valence-corrected chi connectivity index (χ1v) is 8.80. The van der Waals surface area contributed by atoms with Gasteiger partial charge in [-0.2, -0.15) is 0 Å². The minimum Gasteiger partial charge on any atom is -0.506 e. The Hall–Kier alpha value is -1.38. The molecule has 3 rings (SSSR count). The third-order valence-corrected chi connectivity index (χ3v) is 4.92. The Balaban J connectivity index is 1.65. The third kappa shape index (κ3) is 3.94. The number of aromatic amines is 1. The Labute approximate surface area is 150 Å². The van der Waals surface area contributed by atoms with Gasteiger partial charge in [0, 0.05) is 48.8 Å². The first-order chi connectivity index (χ1) is 11.0. The number of aromatic hydroxyl groups is 1. The van der Waals surface area contributed by atoms with Gasteiger partial charge in [-0.1, -0.05) is 15.9 Å². The number of halogens is 2. The van der Waals surface area contributed by atoms with Crippen LogP contribution in [-0.2, 0) is 6.54 Å². The van der Waals surface area contributed by atoms with E-state index in [0.717, 1.165) is 36.2 Å². The van der Waals surface area contributed by atoms with Crippen LogP contribution in [0, 0.1) is 0 Å². The smallest absolute Gasteiger partial charge is 0.252 e. The molecule has 1 saturated heterocycles. The number of hydrogen-bond donors (Lipinski definition) is 2. The zero-order valence-electron chi connectivity index (χ0n) is 12.3. The number of phenolic OH excluding ortho intramolecular Hbond substituents is 1. The second-order valence-corrected chi connectivity index (χ2v) is 7.20. The molecule has 2 aromatic rings. The number of rotatable bonds is 3. The molecule has 122 valence electrons. The first kappa shape index (κ1) is 16.5. The zero-order valence-corrected chi connectivity index (χ0v) is 15.5. The van der Waals surface area contributed by atoms with Crippen molar-refractivity contribution >= 4 is 37.7 Å². The van der Waals surface area contributed by atoms with Crippen LogP contribution in [0.15, 0.2) is 38.3 Å². The summed E-state index contributed by atoms with van der Waals surface area (Å²) < 4.78 is 1.62. The van der Waals surface area contributed by atoms with E-state index in [2.05, 4.69) is 51.6 Å². The predicted molar refractivity (Wildman–Crippen MR) is 95.9 cm³/mol. The molecule has 2 N–H and O–H groups in total. The number of nitrogens with one attached hydrogen (secondary N) is 1. The van der Waals surface area contributed by atoms with E-state index in [1.165, 1.54) is 12.4 Å². The molecule has 0 aliphatic carbocycles. The van der Waals surface area contributed by atoms with Crippen molar-refractivity contribution < 1.29 is 5.11 Å². The second kappa shape index (κ2) is 7.02.